The SMILES string of the molecule is Cc1ccc(-c2nnc(-c3ccc(Oc4ccc(Oc5ccc(OC(C)C)cc5)cc4)cc3)o2)cc1. The molecule has 36 heavy (non-hydrogen) atoms. The summed E-state index contributed by atoms with van der Waals surface area (Å²) in [6.45, 7) is 6.04. The molecule has 0 bridgehead atoms. The van der Waals surface area contributed by atoms with Gasteiger partial charge in [0, 0.05) is 11.1 Å². The van der Waals surface area contributed by atoms with Crippen LogP contribution in [0.25, 0.3) is 22.9 Å². The normalized spacial score (nSPS) is 10.9. The summed E-state index contributed by atoms with van der Waals surface area (Å²) in [5.41, 5.74) is 2.89. The van der Waals surface area contributed by atoms with Crippen LogP contribution in [0.5, 0.6) is 28.7 Å². The van der Waals surface area contributed by atoms with E-state index in [4.69, 9.17) is 18.6 Å². The molecule has 0 aliphatic heterocycles. The Balaban J connectivity index is 1.19. The Bertz CT molecular complexity index is 1410. The molecule has 6 nitrogen and oxygen atoms in total. The van der Waals surface area contributed by atoms with Gasteiger partial charge in [-0.25, -0.2) is 0 Å². The van der Waals surface area contributed by atoms with E-state index in [-0.39, 0.29) is 6.10 Å². The molecule has 6 heteroatoms. The fourth-order valence-electron chi connectivity index (χ4n) is 3.52. The van der Waals surface area contributed by atoms with Crippen molar-refractivity contribution in [2.45, 2.75) is 26.9 Å². The molecule has 1 aromatic heterocycles. The molecule has 0 spiro atoms. The first-order chi connectivity index (χ1) is 17.5. The monoisotopic (exact) mass is 478 g/mol. The molecule has 0 aliphatic rings. The van der Waals surface area contributed by atoms with E-state index in [9.17, 15) is 0 Å². The average molecular weight is 479 g/mol. The van der Waals surface area contributed by atoms with Crippen molar-refractivity contribution in [3.05, 3.63) is 103 Å². The molecule has 5 aromatic rings. The standard InChI is InChI=1S/C30H26N2O4/c1-20(2)33-24-12-14-26(15-13-24)35-28-18-16-27(17-19-28)34-25-10-8-23(9-11-25)30-32-31-29(36-30)22-6-4-21(3)5-7-22/h4-20H,1-3H3. The number of benzene rings is 4. The van der Waals surface area contributed by atoms with Crippen molar-refractivity contribution in [2.24, 2.45) is 0 Å². The van der Waals surface area contributed by atoms with Crippen molar-refractivity contribution >= 4 is 0 Å². The van der Waals surface area contributed by atoms with E-state index >= 15 is 0 Å². The zero-order valence-electron chi connectivity index (χ0n) is 20.3. The van der Waals surface area contributed by atoms with Gasteiger partial charge in [0.05, 0.1) is 6.10 Å². The number of aryl methyl sites for hydroxylation is 1. The fourth-order valence-corrected chi connectivity index (χ4v) is 3.52. The van der Waals surface area contributed by atoms with Crippen LogP contribution >= 0.6 is 0 Å². The predicted molar refractivity (Wildman–Crippen MR) is 139 cm³/mol. The third kappa shape index (κ3) is 5.73. The fraction of sp³-hybridized carbons (Fsp3) is 0.133. The molecule has 0 fully saturated rings. The first-order valence-electron chi connectivity index (χ1n) is 11.8. The molecule has 0 atom stereocenters. The molecule has 0 radical (unpaired) electrons. The average Bonchev–Trinajstić information content (AvgIpc) is 3.37. The van der Waals surface area contributed by atoms with E-state index in [0.717, 1.165) is 28.4 Å². The molecule has 0 amide bonds. The van der Waals surface area contributed by atoms with Crippen LogP contribution in [0.1, 0.15) is 19.4 Å². The van der Waals surface area contributed by atoms with E-state index in [1.807, 2.05) is 118 Å². The number of hydrogen-bond acceptors (Lipinski definition) is 6. The van der Waals surface area contributed by atoms with Crippen LogP contribution in [0.15, 0.2) is 101 Å². The minimum atomic E-state index is 0.135. The summed E-state index contributed by atoms with van der Waals surface area (Å²) in [5, 5.41) is 8.35. The van der Waals surface area contributed by atoms with Crippen LogP contribution in [-0.4, -0.2) is 16.3 Å². The summed E-state index contributed by atoms with van der Waals surface area (Å²) in [6.07, 6.45) is 0.135. The van der Waals surface area contributed by atoms with Crippen LogP contribution in [0.4, 0.5) is 0 Å². The number of aromatic nitrogens is 2. The van der Waals surface area contributed by atoms with Crippen molar-refractivity contribution in [2.75, 3.05) is 0 Å². The van der Waals surface area contributed by atoms with E-state index < -0.39 is 0 Å². The highest BCUT2D eigenvalue weighted by molar-refractivity contribution is 5.59. The maximum absolute atomic E-state index is 5.97. The van der Waals surface area contributed by atoms with Crippen molar-refractivity contribution in [1.82, 2.24) is 10.2 Å². The van der Waals surface area contributed by atoms with E-state index in [2.05, 4.69) is 10.2 Å². The highest BCUT2D eigenvalue weighted by Crippen LogP contribution is 2.30. The van der Waals surface area contributed by atoms with Crippen molar-refractivity contribution in [3.63, 3.8) is 0 Å². The maximum atomic E-state index is 5.97. The van der Waals surface area contributed by atoms with Gasteiger partial charge in [-0.1, -0.05) is 17.7 Å². The lowest BCUT2D eigenvalue weighted by molar-refractivity contribution is 0.242. The molecule has 0 saturated carbocycles. The summed E-state index contributed by atoms with van der Waals surface area (Å²) in [6, 6.07) is 30.5. The zero-order chi connectivity index (χ0) is 24.9. The lowest BCUT2D eigenvalue weighted by atomic mass is 10.1. The Kier molecular flexibility index (Phi) is 6.67. The van der Waals surface area contributed by atoms with Crippen LogP contribution in [-0.2, 0) is 0 Å². The number of nitrogens with zero attached hydrogens (tertiary/aromatic N) is 2. The highest BCUT2D eigenvalue weighted by Gasteiger charge is 2.11. The van der Waals surface area contributed by atoms with Gasteiger partial charge in [-0.15, -0.1) is 10.2 Å². The van der Waals surface area contributed by atoms with E-state index in [0.29, 0.717) is 23.3 Å². The Morgan fingerprint density at radius 1 is 0.528 bits per heavy atom. The first kappa shape index (κ1) is 23.2. The summed E-state index contributed by atoms with van der Waals surface area (Å²) in [7, 11) is 0. The topological polar surface area (TPSA) is 66.6 Å². The van der Waals surface area contributed by atoms with Gasteiger partial charge >= 0.3 is 0 Å². The summed E-state index contributed by atoms with van der Waals surface area (Å²) < 4.78 is 23.4. The van der Waals surface area contributed by atoms with Gasteiger partial charge in [0.15, 0.2) is 0 Å². The molecule has 0 aliphatic carbocycles. The van der Waals surface area contributed by atoms with Crippen molar-refractivity contribution < 1.29 is 18.6 Å². The summed E-state index contributed by atoms with van der Waals surface area (Å²) in [4.78, 5) is 0. The largest absolute Gasteiger partial charge is 0.491 e. The Hall–Kier alpha value is -4.58. The molecule has 0 unspecified atom stereocenters. The van der Waals surface area contributed by atoms with Gasteiger partial charge in [0.25, 0.3) is 0 Å². The van der Waals surface area contributed by atoms with Crippen molar-refractivity contribution in [3.8, 4) is 51.7 Å². The van der Waals surface area contributed by atoms with Crippen molar-refractivity contribution in [1.29, 1.82) is 0 Å². The van der Waals surface area contributed by atoms with Gasteiger partial charge in [-0.3, -0.25) is 0 Å². The van der Waals surface area contributed by atoms with E-state index in [1.165, 1.54) is 5.56 Å². The van der Waals surface area contributed by atoms with Crippen LogP contribution in [0.3, 0.4) is 0 Å². The lowest BCUT2D eigenvalue weighted by Gasteiger charge is -2.11. The molecule has 0 N–H and O–H groups in total. The molecule has 4 aromatic carbocycles. The molecule has 5 rings (SSSR count). The summed E-state index contributed by atoms with van der Waals surface area (Å²) >= 11 is 0. The number of rotatable bonds is 8. The second kappa shape index (κ2) is 10.4. The smallest absolute Gasteiger partial charge is 0.248 e. The Labute approximate surface area is 210 Å². The molecule has 180 valence electrons. The van der Waals surface area contributed by atoms with Crippen LogP contribution in [0.2, 0.25) is 0 Å². The third-order valence-electron chi connectivity index (χ3n) is 5.32. The number of ether oxygens (including phenoxy) is 3. The summed E-state index contributed by atoms with van der Waals surface area (Å²) in [5.74, 6) is 4.63. The number of hydrogen-bond donors (Lipinski definition) is 0. The Morgan fingerprint density at radius 3 is 1.31 bits per heavy atom. The highest BCUT2D eigenvalue weighted by atomic mass is 16.5. The molecular weight excluding hydrogens is 452 g/mol. The van der Waals surface area contributed by atoms with Crippen LogP contribution in [0, 0.1) is 6.92 Å². The second-order valence-electron chi connectivity index (χ2n) is 8.62. The minimum absolute atomic E-state index is 0.135. The zero-order valence-corrected chi connectivity index (χ0v) is 20.3. The molecule has 1 heterocycles. The predicted octanol–water partition coefficient (Wildman–Crippen LogP) is 8.08. The first-order valence-corrected chi connectivity index (χ1v) is 11.8. The second-order valence-corrected chi connectivity index (χ2v) is 8.62. The van der Waals surface area contributed by atoms with Gasteiger partial charge in [0.1, 0.15) is 28.7 Å². The maximum Gasteiger partial charge on any atom is 0.248 e. The van der Waals surface area contributed by atoms with Gasteiger partial charge in [-0.2, -0.15) is 0 Å². The molecular formula is C30H26N2O4. The van der Waals surface area contributed by atoms with E-state index in [1.54, 1.807) is 0 Å². The van der Waals surface area contributed by atoms with Crippen LogP contribution < -0.4 is 14.2 Å². The minimum Gasteiger partial charge on any atom is -0.491 e. The third-order valence-corrected chi connectivity index (χ3v) is 5.32. The van der Waals surface area contributed by atoms with Gasteiger partial charge in [-0.05, 0) is 106 Å². The lowest BCUT2D eigenvalue weighted by Crippen LogP contribution is -2.05. The van der Waals surface area contributed by atoms with Gasteiger partial charge in [0.2, 0.25) is 11.8 Å². The quantitative estimate of drug-likeness (QED) is 0.225. The van der Waals surface area contributed by atoms with Gasteiger partial charge < -0.3 is 18.6 Å². The molecule has 0 saturated heterocycles. The Morgan fingerprint density at radius 2 is 0.889 bits per heavy atom.